The highest BCUT2D eigenvalue weighted by Gasteiger charge is 2.34. The Morgan fingerprint density at radius 1 is 0.733 bits per heavy atom. The Bertz CT molecular complexity index is 799. The first kappa shape index (κ1) is 25.4. The maximum Gasteiger partial charge on any atom is 0.573 e. The molecule has 1 N–H and O–H groups in total. The van der Waals surface area contributed by atoms with E-state index in [1.54, 1.807) is 0 Å². The van der Waals surface area contributed by atoms with E-state index >= 15 is 0 Å². The first-order chi connectivity index (χ1) is 13.7. The smallest absolute Gasteiger partial charge is 0.504 e. The third-order valence-corrected chi connectivity index (χ3v) is 3.54. The van der Waals surface area contributed by atoms with Crippen LogP contribution in [0.5, 0.6) is 28.7 Å². The van der Waals surface area contributed by atoms with Crippen LogP contribution in [0.2, 0.25) is 0 Å². The van der Waals surface area contributed by atoms with Crippen molar-refractivity contribution >= 4 is 15.9 Å². The van der Waals surface area contributed by atoms with Gasteiger partial charge in [-0.3, -0.25) is 0 Å². The molecule has 5 nitrogen and oxygen atoms in total. The van der Waals surface area contributed by atoms with E-state index in [1.807, 2.05) is 0 Å². The van der Waals surface area contributed by atoms with Gasteiger partial charge in [-0.15, -0.1) is 26.3 Å². The van der Waals surface area contributed by atoms with Gasteiger partial charge in [0, 0.05) is 0 Å². The van der Waals surface area contributed by atoms with Gasteiger partial charge in [0.05, 0.1) is 18.7 Å². The number of benzene rings is 2. The number of methoxy groups -OCH3 is 2. The van der Waals surface area contributed by atoms with Crippen molar-refractivity contribution in [1.29, 1.82) is 0 Å². The monoisotopic (exact) mass is 514 g/mol. The zero-order valence-electron chi connectivity index (χ0n) is 14.8. The molecule has 0 amide bonds. The molecule has 2 aromatic carbocycles. The molecule has 0 aliphatic heterocycles. The summed E-state index contributed by atoms with van der Waals surface area (Å²) in [7, 11) is 2.15. The van der Waals surface area contributed by atoms with Crippen molar-refractivity contribution in [3.63, 3.8) is 0 Å². The summed E-state index contributed by atoms with van der Waals surface area (Å²) in [6, 6.07) is 3.54. The van der Waals surface area contributed by atoms with Crippen LogP contribution in [-0.2, 0) is 0 Å². The third-order valence-electron chi connectivity index (χ3n) is 2.91. The highest BCUT2D eigenvalue weighted by Crippen LogP contribution is 2.37. The molecule has 30 heavy (non-hydrogen) atoms. The predicted molar refractivity (Wildman–Crippen MR) is 88.6 cm³/mol. The lowest BCUT2D eigenvalue weighted by molar-refractivity contribution is -0.276. The summed E-state index contributed by atoms with van der Waals surface area (Å²) in [5.41, 5.74) is 0. The van der Waals surface area contributed by atoms with Crippen LogP contribution in [0.15, 0.2) is 28.7 Å². The van der Waals surface area contributed by atoms with E-state index in [4.69, 9.17) is 5.11 Å². The van der Waals surface area contributed by atoms with Gasteiger partial charge in [0.15, 0.2) is 28.7 Å². The van der Waals surface area contributed by atoms with Crippen molar-refractivity contribution in [2.45, 2.75) is 12.7 Å². The van der Waals surface area contributed by atoms with Crippen LogP contribution in [0.1, 0.15) is 0 Å². The first-order valence-corrected chi connectivity index (χ1v) is 8.08. The van der Waals surface area contributed by atoms with Crippen LogP contribution in [-0.4, -0.2) is 32.1 Å². The molecular weight excluding hydrogens is 504 g/mol. The molecule has 0 saturated carbocycles. The molecule has 0 bridgehead atoms. The minimum atomic E-state index is -5.00. The molecule has 0 unspecified atom stereocenters. The molecule has 14 heteroatoms. The quantitative estimate of drug-likeness (QED) is 0.512. The van der Waals surface area contributed by atoms with Crippen molar-refractivity contribution in [2.24, 2.45) is 0 Å². The molecule has 0 atom stereocenters. The molecule has 0 radical (unpaired) electrons. The number of hydrogen-bond acceptors (Lipinski definition) is 5. The summed E-state index contributed by atoms with van der Waals surface area (Å²) >= 11 is 2.92. The highest BCUT2D eigenvalue weighted by atomic mass is 79.9. The zero-order chi connectivity index (χ0) is 23.3. The van der Waals surface area contributed by atoms with Crippen LogP contribution < -0.4 is 18.9 Å². The Labute approximate surface area is 171 Å². The number of phenolic OH excluding ortho intramolecular Hbond substituents is 1. The molecule has 0 aliphatic carbocycles. The molecule has 0 heterocycles. The van der Waals surface area contributed by atoms with Gasteiger partial charge in [0.1, 0.15) is 0 Å². The van der Waals surface area contributed by atoms with Crippen molar-refractivity contribution < 1.29 is 59.2 Å². The average Bonchev–Trinajstić information content (AvgIpc) is 2.60. The summed E-state index contributed by atoms with van der Waals surface area (Å²) in [4.78, 5) is 0. The maximum atomic E-state index is 13.3. The number of rotatable bonds is 4. The first-order valence-electron chi connectivity index (χ1n) is 7.29. The van der Waals surface area contributed by atoms with Crippen LogP contribution in [0.3, 0.4) is 0 Å². The number of aromatic hydroxyl groups is 1. The Balaban J connectivity index is 0.000000300. The molecule has 0 spiro atoms. The Kier molecular flexibility index (Phi) is 8.39. The molecule has 0 fully saturated rings. The van der Waals surface area contributed by atoms with Gasteiger partial charge in [0.2, 0.25) is 11.6 Å². The van der Waals surface area contributed by atoms with Crippen LogP contribution >= 0.6 is 15.9 Å². The largest absolute Gasteiger partial charge is 0.573 e. The number of alkyl halides is 6. The second-order valence-electron chi connectivity index (χ2n) is 4.92. The summed E-state index contributed by atoms with van der Waals surface area (Å²) in [5.74, 6) is -6.24. The fourth-order valence-electron chi connectivity index (χ4n) is 1.83. The topological polar surface area (TPSA) is 57.2 Å². The summed E-state index contributed by atoms with van der Waals surface area (Å²) in [6.45, 7) is 0. The second-order valence-corrected chi connectivity index (χ2v) is 5.77. The van der Waals surface area contributed by atoms with E-state index in [0.717, 1.165) is 26.4 Å². The molecule has 0 saturated heterocycles. The van der Waals surface area contributed by atoms with Gasteiger partial charge in [-0.2, -0.15) is 8.78 Å². The van der Waals surface area contributed by atoms with E-state index in [9.17, 15) is 35.1 Å². The third kappa shape index (κ3) is 7.31. The van der Waals surface area contributed by atoms with Gasteiger partial charge in [-0.1, -0.05) is 0 Å². The normalized spacial score (nSPS) is 11.3. The van der Waals surface area contributed by atoms with Crippen LogP contribution in [0, 0.1) is 11.6 Å². The fourth-order valence-corrected chi connectivity index (χ4v) is 2.30. The minimum absolute atomic E-state index is 0.206. The lowest BCUT2D eigenvalue weighted by Gasteiger charge is -2.12. The SMILES string of the molecule is COc1c(Br)ccc(OC(F)(F)F)c1F.COc1c(O)ccc(OC(F)(F)F)c1F. The minimum Gasteiger partial charge on any atom is -0.504 e. The van der Waals surface area contributed by atoms with Crippen molar-refractivity contribution in [1.82, 2.24) is 0 Å². The fraction of sp³-hybridized carbons (Fsp3) is 0.250. The van der Waals surface area contributed by atoms with Gasteiger partial charge in [0.25, 0.3) is 0 Å². The average molecular weight is 515 g/mol. The number of hydrogen-bond donors (Lipinski definition) is 1. The lowest BCUT2D eigenvalue weighted by Crippen LogP contribution is -2.18. The molecule has 0 aliphatic rings. The van der Waals surface area contributed by atoms with Gasteiger partial charge in [-0.05, 0) is 40.2 Å². The maximum absolute atomic E-state index is 13.3. The summed E-state index contributed by atoms with van der Waals surface area (Å²) in [5, 5.41) is 9.01. The number of ether oxygens (including phenoxy) is 4. The molecular formula is C16H11BrF8O5. The van der Waals surface area contributed by atoms with E-state index < -0.39 is 47.4 Å². The van der Waals surface area contributed by atoms with Crippen molar-refractivity contribution in [2.75, 3.05) is 14.2 Å². The van der Waals surface area contributed by atoms with Crippen molar-refractivity contribution in [3.8, 4) is 28.7 Å². The van der Waals surface area contributed by atoms with Gasteiger partial charge >= 0.3 is 12.7 Å². The second kappa shape index (κ2) is 9.91. The Morgan fingerprint density at radius 3 is 1.53 bits per heavy atom. The Morgan fingerprint density at radius 2 is 1.13 bits per heavy atom. The number of halogens is 9. The predicted octanol–water partition coefficient (Wildman–Crippen LogP) is 5.93. The van der Waals surface area contributed by atoms with Crippen LogP contribution in [0.25, 0.3) is 0 Å². The lowest BCUT2D eigenvalue weighted by atomic mass is 10.3. The van der Waals surface area contributed by atoms with E-state index in [2.05, 4.69) is 34.9 Å². The standard InChI is InChI=1S/C8H5BrF4O2.C8H6F4O3/c1-14-7-4(9)2-3-5(6(7)10)15-8(11,12)13;1-14-7-4(13)2-3-5(6(7)9)15-8(10,11)12/h2-3H,1H3;2-3,13H,1H3. The van der Waals surface area contributed by atoms with E-state index in [1.165, 1.54) is 6.07 Å². The Hall–Kier alpha value is -2.64. The van der Waals surface area contributed by atoms with E-state index in [-0.39, 0.29) is 10.2 Å². The van der Waals surface area contributed by atoms with E-state index in [0.29, 0.717) is 6.07 Å². The summed E-state index contributed by atoms with van der Waals surface area (Å²) in [6.07, 6.45) is -9.93. The number of phenols is 1. The molecule has 168 valence electrons. The van der Waals surface area contributed by atoms with Crippen LogP contribution in [0.4, 0.5) is 35.1 Å². The highest BCUT2D eigenvalue weighted by molar-refractivity contribution is 9.10. The molecule has 2 aromatic rings. The van der Waals surface area contributed by atoms with Crippen molar-refractivity contribution in [3.05, 3.63) is 40.4 Å². The summed E-state index contributed by atoms with van der Waals surface area (Å²) < 4.78 is 113. The molecule has 0 aromatic heterocycles. The zero-order valence-corrected chi connectivity index (χ0v) is 16.4. The van der Waals surface area contributed by atoms with Gasteiger partial charge in [-0.25, -0.2) is 0 Å². The molecule has 2 rings (SSSR count). The van der Waals surface area contributed by atoms with Gasteiger partial charge < -0.3 is 24.1 Å².